The summed E-state index contributed by atoms with van der Waals surface area (Å²) >= 11 is 5.95. The molecule has 0 saturated heterocycles. The van der Waals surface area contributed by atoms with Crippen LogP contribution in [0, 0.1) is 17.0 Å². The number of nitro benzene ring substituents is 1. The number of benzene rings is 2. The summed E-state index contributed by atoms with van der Waals surface area (Å²) in [4.78, 5) is 14.1. The largest absolute Gasteiger partial charge is 0.275 e. The Bertz CT molecular complexity index is 1100. The van der Waals surface area contributed by atoms with E-state index in [2.05, 4.69) is 14.8 Å². The SMILES string of the molecule is Cc1c(Cl)cc(S(=O)(=O)NCc2ccc(Cn3cncn3)cc2)cc1[N+](=O)[O-]. The lowest BCUT2D eigenvalue weighted by Gasteiger charge is -2.09. The lowest BCUT2D eigenvalue weighted by atomic mass is 10.1. The van der Waals surface area contributed by atoms with Crippen LogP contribution >= 0.6 is 11.6 Å². The number of sulfonamides is 1. The minimum atomic E-state index is -3.97. The van der Waals surface area contributed by atoms with Crippen molar-refractivity contribution < 1.29 is 13.3 Å². The molecule has 0 fully saturated rings. The highest BCUT2D eigenvalue weighted by Crippen LogP contribution is 2.29. The van der Waals surface area contributed by atoms with Crippen molar-refractivity contribution in [1.29, 1.82) is 0 Å². The van der Waals surface area contributed by atoms with Gasteiger partial charge in [-0.15, -0.1) is 0 Å². The average molecular weight is 422 g/mol. The molecule has 0 saturated carbocycles. The Hall–Kier alpha value is -2.82. The van der Waals surface area contributed by atoms with E-state index in [4.69, 9.17) is 11.6 Å². The predicted octanol–water partition coefficient (Wildman–Crippen LogP) is 2.67. The van der Waals surface area contributed by atoms with E-state index in [-0.39, 0.29) is 27.7 Å². The zero-order valence-electron chi connectivity index (χ0n) is 14.7. The number of halogens is 1. The van der Waals surface area contributed by atoms with Gasteiger partial charge in [-0.05, 0) is 24.1 Å². The van der Waals surface area contributed by atoms with Crippen LogP contribution in [0.5, 0.6) is 0 Å². The molecule has 2 aromatic carbocycles. The van der Waals surface area contributed by atoms with Gasteiger partial charge in [0.1, 0.15) is 12.7 Å². The van der Waals surface area contributed by atoms with Crippen LogP contribution in [0.4, 0.5) is 5.69 Å². The van der Waals surface area contributed by atoms with Gasteiger partial charge in [0, 0.05) is 18.2 Å². The Morgan fingerprint density at radius 2 is 1.89 bits per heavy atom. The van der Waals surface area contributed by atoms with Gasteiger partial charge in [0.05, 0.1) is 21.4 Å². The molecule has 0 spiro atoms. The lowest BCUT2D eigenvalue weighted by Crippen LogP contribution is -2.23. The molecule has 1 N–H and O–H groups in total. The normalized spacial score (nSPS) is 11.5. The molecule has 0 aliphatic heterocycles. The Morgan fingerprint density at radius 3 is 2.50 bits per heavy atom. The fourth-order valence-electron chi connectivity index (χ4n) is 2.51. The van der Waals surface area contributed by atoms with Crippen molar-refractivity contribution in [3.63, 3.8) is 0 Å². The highest BCUT2D eigenvalue weighted by Gasteiger charge is 2.22. The van der Waals surface area contributed by atoms with Gasteiger partial charge >= 0.3 is 0 Å². The fraction of sp³-hybridized carbons (Fsp3) is 0.176. The second-order valence-electron chi connectivity index (χ2n) is 6.04. The second kappa shape index (κ2) is 8.05. The standard InChI is InChI=1S/C17H16ClN5O4S/c1-12-16(18)6-15(7-17(12)23(24)25)28(26,27)21-8-13-2-4-14(5-3-13)9-22-11-19-10-20-22/h2-7,10-11,21H,8-9H2,1H3. The smallest absolute Gasteiger partial charge is 0.258 e. The fourth-order valence-corrected chi connectivity index (χ4v) is 3.85. The quantitative estimate of drug-likeness (QED) is 0.462. The van der Waals surface area contributed by atoms with E-state index in [1.54, 1.807) is 23.1 Å². The molecular formula is C17H16ClN5O4S. The highest BCUT2D eigenvalue weighted by atomic mass is 35.5. The van der Waals surface area contributed by atoms with Crippen LogP contribution in [-0.2, 0) is 23.1 Å². The number of nitrogens with zero attached hydrogens (tertiary/aromatic N) is 4. The van der Waals surface area contributed by atoms with Gasteiger partial charge in [0.25, 0.3) is 5.69 Å². The molecule has 3 rings (SSSR count). The number of nitro groups is 1. The van der Waals surface area contributed by atoms with Crippen LogP contribution in [0.2, 0.25) is 5.02 Å². The van der Waals surface area contributed by atoms with Crippen LogP contribution < -0.4 is 4.72 Å². The Kier molecular flexibility index (Phi) is 5.73. The number of rotatable bonds is 7. The van der Waals surface area contributed by atoms with Gasteiger partial charge in [-0.3, -0.25) is 10.1 Å². The lowest BCUT2D eigenvalue weighted by molar-refractivity contribution is -0.385. The maximum atomic E-state index is 12.5. The molecule has 0 radical (unpaired) electrons. The third kappa shape index (κ3) is 4.53. The molecule has 9 nitrogen and oxygen atoms in total. The molecule has 0 amide bonds. The van der Waals surface area contributed by atoms with E-state index in [9.17, 15) is 18.5 Å². The summed E-state index contributed by atoms with van der Waals surface area (Å²) in [5, 5.41) is 15.1. The summed E-state index contributed by atoms with van der Waals surface area (Å²) in [6.45, 7) is 2.05. The summed E-state index contributed by atoms with van der Waals surface area (Å²) in [5.41, 5.74) is 1.59. The Labute approximate surface area is 166 Å². The van der Waals surface area contributed by atoms with Gasteiger partial charge in [0.15, 0.2) is 0 Å². The number of nitrogens with one attached hydrogen (secondary N) is 1. The minimum absolute atomic E-state index is 0.0204. The third-order valence-corrected chi connectivity index (χ3v) is 5.87. The Morgan fingerprint density at radius 1 is 1.21 bits per heavy atom. The summed E-state index contributed by atoms with van der Waals surface area (Å²) < 4.78 is 29.1. The van der Waals surface area contributed by atoms with Crippen LogP contribution in [0.25, 0.3) is 0 Å². The minimum Gasteiger partial charge on any atom is -0.258 e. The molecule has 3 aromatic rings. The monoisotopic (exact) mass is 421 g/mol. The first-order chi connectivity index (χ1) is 13.3. The maximum Gasteiger partial charge on any atom is 0.275 e. The molecule has 0 aliphatic rings. The number of aromatic nitrogens is 3. The molecule has 0 bridgehead atoms. The van der Waals surface area contributed by atoms with Crippen molar-refractivity contribution in [1.82, 2.24) is 19.5 Å². The molecular weight excluding hydrogens is 406 g/mol. The van der Waals surface area contributed by atoms with E-state index >= 15 is 0 Å². The highest BCUT2D eigenvalue weighted by molar-refractivity contribution is 7.89. The Balaban J connectivity index is 1.72. The van der Waals surface area contributed by atoms with Gasteiger partial charge in [-0.1, -0.05) is 35.9 Å². The van der Waals surface area contributed by atoms with Crippen molar-refractivity contribution in [3.8, 4) is 0 Å². The van der Waals surface area contributed by atoms with E-state index in [0.29, 0.717) is 6.54 Å². The van der Waals surface area contributed by atoms with Gasteiger partial charge in [0.2, 0.25) is 10.0 Å². The van der Waals surface area contributed by atoms with Gasteiger partial charge < -0.3 is 0 Å². The summed E-state index contributed by atoms with van der Waals surface area (Å²) in [5.74, 6) is 0. The summed E-state index contributed by atoms with van der Waals surface area (Å²) in [6.07, 6.45) is 3.05. The van der Waals surface area contributed by atoms with E-state index in [1.165, 1.54) is 19.3 Å². The van der Waals surface area contributed by atoms with E-state index in [0.717, 1.165) is 17.2 Å². The van der Waals surface area contributed by atoms with Crippen LogP contribution in [0.1, 0.15) is 16.7 Å². The van der Waals surface area contributed by atoms with E-state index in [1.807, 2.05) is 12.1 Å². The first kappa shape index (κ1) is 19.9. The average Bonchev–Trinajstić information content (AvgIpc) is 3.16. The topological polar surface area (TPSA) is 120 Å². The van der Waals surface area contributed by atoms with Crippen molar-refractivity contribution >= 4 is 27.3 Å². The first-order valence-corrected chi connectivity index (χ1v) is 9.97. The molecule has 1 aromatic heterocycles. The van der Waals surface area contributed by atoms with Crippen molar-refractivity contribution in [2.45, 2.75) is 24.9 Å². The number of hydrogen-bond donors (Lipinski definition) is 1. The molecule has 1 heterocycles. The second-order valence-corrected chi connectivity index (χ2v) is 8.21. The zero-order chi connectivity index (χ0) is 20.3. The molecule has 146 valence electrons. The molecule has 0 atom stereocenters. The first-order valence-electron chi connectivity index (χ1n) is 8.11. The van der Waals surface area contributed by atoms with Gasteiger partial charge in [-0.25, -0.2) is 22.8 Å². The van der Waals surface area contributed by atoms with E-state index < -0.39 is 14.9 Å². The molecule has 0 unspecified atom stereocenters. The third-order valence-electron chi connectivity index (χ3n) is 4.10. The van der Waals surface area contributed by atoms with Crippen molar-refractivity contribution in [2.24, 2.45) is 0 Å². The molecule has 11 heteroatoms. The van der Waals surface area contributed by atoms with Crippen LogP contribution in [-0.4, -0.2) is 28.1 Å². The summed E-state index contributed by atoms with van der Waals surface area (Å²) in [7, 11) is -3.97. The van der Waals surface area contributed by atoms with Crippen LogP contribution in [0.15, 0.2) is 53.9 Å². The van der Waals surface area contributed by atoms with Crippen LogP contribution in [0.3, 0.4) is 0 Å². The maximum absolute atomic E-state index is 12.5. The predicted molar refractivity (Wildman–Crippen MR) is 102 cm³/mol. The molecule has 28 heavy (non-hydrogen) atoms. The van der Waals surface area contributed by atoms with Gasteiger partial charge in [-0.2, -0.15) is 5.10 Å². The number of hydrogen-bond acceptors (Lipinski definition) is 6. The molecule has 0 aliphatic carbocycles. The van der Waals surface area contributed by atoms with Crippen molar-refractivity contribution in [2.75, 3.05) is 0 Å². The zero-order valence-corrected chi connectivity index (χ0v) is 16.3. The summed E-state index contributed by atoms with van der Waals surface area (Å²) in [6, 6.07) is 9.51. The van der Waals surface area contributed by atoms with Crippen molar-refractivity contribution in [3.05, 3.63) is 80.9 Å².